The highest BCUT2D eigenvalue weighted by atomic mass is 35.5. The van der Waals surface area contributed by atoms with Crippen molar-refractivity contribution in [2.45, 2.75) is 6.92 Å². The molecule has 2 aromatic rings. The van der Waals surface area contributed by atoms with E-state index in [9.17, 15) is 14.7 Å². The van der Waals surface area contributed by atoms with E-state index in [2.05, 4.69) is 15.6 Å². The quantitative estimate of drug-likeness (QED) is 0.760. The van der Waals surface area contributed by atoms with Crippen LogP contribution in [0.1, 0.15) is 17.3 Å². The standard InChI is InChI=1S/C14H12ClN3O3/c1-8(19)17-13-6-9(4-5-16-13)14(21)18-11-7-10(15)2-3-12(11)20/h2-7,20H,1H3,(H,18,21)(H,16,17,19). The molecule has 0 aliphatic carbocycles. The Morgan fingerprint density at radius 3 is 2.67 bits per heavy atom. The first kappa shape index (κ1) is 14.8. The summed E-state index contributed by atoms with van der Waals surface area (Å²) in [7, 11) is 0. The number of amides is 2. The van der Waals surface area contributed by atoms with Crippen molar-refractivity contribution < 1.29 is 14.7 Å². The molecule has 0 aliphatic heterocycles. The fraction of sp³-hybridized carbons (Fsp3) is 0.0714. The number of halogens is 1. The number of aromatic hydroxyl groups is 1. The molecular formula is C14H12ClN3O3. The minimum absolute atomic E-state index is 0.0936. The van der Waals surface area contributed by atoms with E-state index >= 15 is 0 Å². The van der Waals surface area contributed by atoms with Crippen LogP contribution in [0.15, 0.2) is 36.5 Å². The van der Waals surface area contributed by atoms with Crippen molar-refractivity contribution in [2.24, 2.45) is 0 Å². The average molecular weight is 306 g/mol. The molecule has 1 aromatic carbocycles. The lowest BCUT2D eigenvalue weighted by Crippen LogP contribution is -2.14. The predicted molar refractivity (Wildman–Crippen MR) is 79.6 cm³/mol. The molecule has 0 fully saturated rings. The van der Waals surface area contributed by atoms with E-state index in [4.69, 9.17) is 11.6 Å². The van der Waals surface area contributed by atoms with Gasteiger partial charge in [0.2, 0.25) is 5.91 Å². The Bertz CT molecular complexity index is 704. The third kappa shape index (κ3) is 3.93. The van der Waals surface area contributed by atoms with Crippen LogP contribution in [0, 0.1) is 0 Å². The highest BCUT2D eigenvalue weighted by Crippen LogP contribution is 2.27. The van der Waals surface area contributed by atoms with Gasteiger partial charge < -0.3 is 15.7 Å². The number of phenolic OH excluding ortho intramolecular Hbond substituents is 1. The number of anilines is 2. The summed E-state index contributed by atoms with van der Waals surface area (Å²) in [5.74, 6) is -0.566. The zero-order chi connectivity index (χ0) is 15.4. The molecule has 3 N–H and O–H groups in total. The fourth-order valence-corrected chi connectivity index (χ4v) is 1.80. The normalized spacial score (nSPS) is 10.0. The third-order valence-electron chi connectivity index (χ3n) is 2.53. The van der Waals surface area contributed by atoms with Gasteiger partial charge in [-0.2, -0.15) is 0 Å². The molecule has 108 valence electrons. The number of hydrogen-bond donors (Lipinski definition) is 3. The smallest absolute Gasteiger partial charge is 0.255 e. The lowest BCUT2D eigenvalue weighted by Gasteiger charge is -2.08. The number of nitrogens with zero attached hydrogens (tertiary/aromatic N) is 1. The molecule has 0 unspecified atom stereocenters. The first-order valence-corrected chi connectivity index (χ1v) is 6.37. The Morgan fingerprint density at radius 2 is 1.95 bits per heavy atom. The number of pyridine rings is 1. The average Bonchev–Trinajstić information content (AvgIpc) is 2.42. The summed E-state index contributed by atoms with van der Waals surface area (Å²) in [4.78, 5) is 27.0. The van der Waals surface area contributed by atoms with Crippen molar-refractivity contribution >= 4 is 34.9 Å². The predicted octanol–water partition coefficient (Wildman–Crippen LogP) is 2.65. The van der Waals surface area contributed by atoms with Crippen LogP contribution in [0.2, 0.25) is 5.02 Å². The van der Waals surface area contributed by atoms with Crippen molar-refractivity contribution in [3.8, 4) is 5.75 Å². The van der Waals surface area contributed by atoms with E-state index in [0.717, 1.165) is 0 Å². The Kier molecular flexibility index (Phi) is 4.39. The first-order valence-electron chi connectivity index (χ1n) is 5.99. The van der Waals surface area contributed by atoms with Crippen LogP contribution in [0.25, 0.3) is 0 Å². The summed E-state index contributed by atoms with van der Waals surface area (Å²) >= 11 is 5.81. The molecule has 21 heavy (non-hydrogen) atoms. The van der Waals surface area contributed by atoms with E-state index in [1.807, 2.05) is 0 Å². The summed E-state index contributed by atoms with van der Waals surface area (Å²) in [6.07, 6.45) is 1.40. The molecule has 0 atom stereocenters. The van der Waals surface area contributed by atoms with E-state index in [1.54, 1.807) is 0 Å². The SMILES string of the molecule is CC(=O)Nc1cc(C(=O)Nc2cc(Cl)ccc2O)ccn1. The second-order valence-corrected chi connectivity index (χ2v) is 4.66. The lowest BCUT2D eigenvalue weighted by molar-refractivity contribution is -0.114. The topological polar surface area (TPSA) is 91.3 Å². The van der Waals surface area contributed by atoms with Gasteiger partial charge in [-0.25, -0.2) is 4.98 Å². The molecule has 6 nitrogen and oxygen atoms in total. The lowest BCUT2D eigenvalue weighted by atomic mass is 10.2. The van der Waals surface area contributed by atoms with Crippen molar-refractivity contribution in [1.29, 1.82) is 0 Å². The van der Waals surface area contributed by atoms with Gasteiger partial charge in [0.05, 0.1) is 5.69 Å². The number of carbonyl (C=O) groups excluding carboxylic acids is 2. The van der Waals surface area contributed by atoms with Crippen molar-refractivity contribution in [2.75, 3.05) is 10.6 Å². The minimum Gasteiger partial charge on any atom is -0.506 e. The van der Waals surface area contributed by atoms with Crippen LogP contribution in [0.3, 0.4) is 0 Å². The van der Waals surface area contributed by atoms with Gasteiger partial charge in [-0.3, -0.25) is 9.59 Å². The Labute approximate surface area is 125 Å². The number of hydrogen-bond acceptors (Lipinski definition) is 4. The largest absolute Gasteiger partial charge is 0.506 e. The zero-order valence-corrected chi connectivity index (χ0v) is 11.8. The molecule has 0 saturated carbocycles. The highest BCUT2D eigenvalue weighted by molar-refractivity contribution is 6.31. The number of nitrogens with one attached hydrogen (secondary N) is 2. The van der Waals surface area contributed by atoms with Crippen LogP contribution in [-0.2, 0) is 4.79 Å². The Hall–Kier alpha value is -2.60. The minimum atomic E-state index is -0.457. The second-order valence-electron chi connectivity index (χ2n) is 4.23. The van der Waals surface area contributed by atoms with Gasteiger partial charge in [0.15, 0.2) is 0 Å². The van der Waals surface area contributed by atoms with E-state index in [-0.39, 0.29) is 28.7 Å². The van der Waals surface area contributed by atoms with Gasteiger partial charge in [-0.05, 0) is 30.3 Å². The summed E-state index contributed by atoms with van der Waals surface area (Å²) in [6.45, 7) is 1.35. The molecule has 0 aliphatic rings. The van der Waals surface area contributed by atoms with E-state index in [0.29, 0.717) is 5.02 Å². The third-order valence-corrected chi connectivity index (χ3v) is 2.77. The number of carbonyl (C=O) groups is 2. The molecule has 0 bridgehead atoms. The second kappa shape index (κ2) is 6.23. The number of phenols is 1. The van der Waals surface area contributed by atoms with E-state index < -0.39 is 5.91 Å². The molecule has 0 saturated heterocycles. The molecule has 0 spiro atoms. The molecule has 7 heteroatoms. The maximum Gasteiger partial charge on any atom is 0.255 e. The summed E-state index contributed by atoms with van der Waals surface area (Å²) in [6, 6.07) is 7.24. The van der Waals surface area contributed by atoms with Crippen molar-refractivity contribution in [3.63, 3.8) is 0 Å². The van der Waals surface area contributed by atoms with E-state index in [1.165, 1.54) is 43.5 Å². The van der Waals surface area contributed by atoms with Crippen molar-refractivity contribution in [3.05, 3.63) is 47.1 Å². The summed E-state index contributed by atoms with van der Waals surface area (Å²) in [5.41, 5.74) is 0.485. The van der Waals surface area contributed by atoms with Crippen LogP contribution in [-0.4, -0.2) is 21.9 Å². The number of aromatic nitrogens is 1. The van der Waals surface area contributed by atoms with Gasteiger partial charge in [-0.15, -0.1) is 0 Å². The van der Waals surface area contributed by atoms with Gasteiger partial charge in [0.25, 0.3) is 5.91 Å². The number of rotatable bonds is 3. The van der Waals surface area contributed by atoms with Crippen LogP contribution in [0.5, 0.6) is 5.75 Å². The molecule has 2 rings (SSSR count). The monoisotopic (exact) mass is 305 g/mol. The van der Waals surface area contributed by atoms with Crippen LogP contribution in [0.4, 0.5) is 11.5 Å². The molecular weight excluding hydrogens is 294 g/mol. The molecule has 1 aromatic heterocycles. The van der Waals surface area contributed by atoms with Crippen molar-refractivity contribution in [1.82, 2.24) is 4.98 Å². The zero-order valence-electron chi connectivity index (χ0n) is 11.1. The van der Waals surface area contributed by atoms with Crippen LogP contribution < -0.4 is 10.6 Å². The summed E-state index contributed by atoms with van der Waals surface area (Å²) in [5, 5.41) is 15.1. The molecule has 2 amide bonds. The maximum absolute atomic E-state index is 12.1. The number of benzene rings is 1. The van der Waals surface area contributed by atoms with Crippen LogP contribution >= 0.6 is 11.6 Å². The van der Waals surface area contributed by atoms with Gasteiger partial charge in [0.1, 0.15) is 11.6 Å². The first-order chi connectivity index (χ1) is 9.95. The van der Waals surface area contributed by atoms with Gasteiger partial charge in [0, 0.05) is 23.7 Å². The fourth-order valence-electron chi connectivity index (χ4n) is 1.62. The highest BCUT2D eigenvalue weighted by Gasteiger charge is 2.11. The molecule has 1 heterocycles. The molecule has 0 radical (unpaired) electrons. The summed E-state index contributed by atoms with van der Waals surface area (Å²) < 4.78 is 0. The Morgan fingerprint density at radius 1 is 1.19 bits per heavy atom. The van der Waals surface area contributed by atoms with Gasteiger partial charge >= 0.3 is 0 Å². The van der Waals surface area contributed by atoms with Gasteiger partial charge in [-0.1, -0.05) is 11.6 Å². The Balaban J connectivity index is 2.20. The maximum atomic E-state index is 12.1.